The van der Waals surface area contributed by atoms with Crippen molar-refractivity contribution in [3.63, 3.8) is 0 Å². The Hall–Kier alpha value is -3.13. The number of anilines is 1. The molecule has 0 saturated heterocycles. The summed E-state index contributed by atoms with van der Waals surface area (Å²) in [7, 11) is 1.87. The highest BCUT2D eigenvalue weighted by molar-refractivity contribution is 7.99. The van der Waals surface area contributed by atoms with E-state index in [1.54, 1.807) is 12.1 Å². The second-order valence-electron chi connectivity index (χ2n) is 6.90. The fraction of sp³-hybridized carbons (Fsp3) is 0.238. The molecule has 8 heteroatoms. The van der Waals surface area contributed by atoms with Crippen molar-refractivity contribution in [3.8, 4) is 11.4 Å². The number of amides is 2. The summed E-state index contributed by atoms with van der Waals surface area (Å²) in [4.78, 5) is 24.3. The molecule has 1 aliphatic rings. The molecule has 0 bridgehead atoms. The van der Waals surface area contributed by atoms with E-state index in [1.807, 2.05) is 54.1 Å². The molecule has 0 spiro atoms. The van der Waals surface area contributed by atoms with E-state index in [9.17, 15) is 9.59 Å². The van der Waals surface area contributed by atoms with Gasteiger partial charge in [0.05, 0.1) is 5.75 Å². The number of hydrogen-bond acceptors (Lipinski definition) is 5. The third-order valence-corrected chi connectivity index (χ3v) is 5.54. The van der Waals surface area contributed by atoms with E-state index in [4.69, 9.17) is 0 Å². The minimum atomic E-state index is -0.168. The zero-order valence-corrected chi connectivity index (χ0v) is 16.8. The summed E-state index contributed by atoms with van der Waals surface area (Å²) in [5.41, 5.74) is 2.11. The van der Waals surface area contributed by atoms with Crippen molar-refractivity contribution in [1.29, 1.82) is 0 Å². The molecule has 1 aliphatic carbocycles. The number of nitrogens with one attached hydrogen (secondary N) is 2. The largest absolute Gasteiger partial charge is 0.353 e. The maximum Gasteiger partial charge on any atom is 0.255 e. The predicted octanol–water partition coefficient (Wildman–Crippen LogP) is 3.11. The van der Waals surface area contributed by atoms with Crippen LogP contribution < -0.4 is 10.6 Å². The van der Waals surface area contributed by atoms with Crippen LogP contribution in [-0.2, 0) is 11.8 Å². The monoisotopic (exact) mass is 407 g/mol. The summed E-state index contributed by atoms with van der Waals surface area (Å²) in [5.74, 6) is 0.840. The van der Waals surface area contributed by atoms with Gasteiger partial charge in [-0.1, -0.05) is 42.1 Å². The van der Waals surface area contributed by atoms with Gasteiger partial charge in [-0.2, -0.15) is 0 Å². The number of aromatic nitrogens is 3. The quantitative estimate of drug-likeness (QED) is 0.588. The molecule has 148 valence electrons. The molecule has 3 aromatic rings. The lowest BCUT2D eigenvalue weighted by atomic mass is 10.1. The summed E-state index contributed by atoms with van der Waals surface area (Å²) >= 11 is 1.36. The molecule has 2 amide bonds. The highest BCUT2D eigenvalue weighted by Gasteiger charge is 2.23. The van der Waals surface area contributed by atoms with Crippen LogP contribution in [0.4, 0.5) is 5.69 Å². The van der Waals surface area contributed by atoms with E-state index in [0.717, 1.165) is 18.4 Å². The van der Waals surface area contributed by atoms with E-state index in [1.165, 1.54) is 11.8 Å². The summed E-state index contributed by atoms with van der Waals surface area (Å²) in [6.07, 6.45) is 2.14. The Labute approximate surface area is 172 Å². The van der Waals surface area contributed by atoms with Crippen LogP contribution in [0.3, 0.4) is 0 Å². The van der Waals surface area contributed by atoms with E-state index in [2.05, 4.69) is 20.8 Å². The normalized spacial score (nSPS) is 13.1. The van der Waals surface area contributed by atoms with Gasteiger partial charge in [-0.15, -0.1) is 10.2 Å². The smallest absolute Gasteiger partial charge is 0.255 e. The molecule has 0 aliphatic heterocycles. The molecule has 4 rings (SSSR count). The average Bonchev–Trinajstić information content (AvgIpc) is 3.47. The van der Waals surface area contributed by atoms with Crippen LogP contribution in [0.1, 0.15) is 23.2 Å². The Bertz CT molecular complexity index is 1030. The Morgan fingerprint density at radius 1 is 1.10 bits per heavy atom. The van der Waals surface area contributed by atoms with Gasteiger partial charge in [-0.3, -0.25) is 9.59 Å². The SMILES string of the molecule is Cn1c(SCC(=O)NC2CC2)nnc1-c1cccc(NC(=O)c2ccccc2)c1. The minimum Gasteiger partial charge on any atom is -0.353 e. The van der Waals surface area contributed by atoms with E-state index >= 15 is 0 Å². The van der Waals surface area contributed by atoms with Crippen molar-refractivity contribution in [1.82, 2.24) is 20.1 Å². The van der Waals surface area contributed by atoms with Crippen LogP contribution >= 0.6 is 11.8 Å². The van der Waals surface area contributed by atoms with Gasteiger partial charge in [0.15, 0.2) is 11.0 Å². The van der Waals surface area contributed by atoms with Crippen LogP contribution in [0.2, 0.25) is 0 Å². The highest BCUT2D eigenvalue weighted by atomic mass is 32.2. The second kappa shape index (κ2) is 8.48. The van der Waals surface area contributed by atoms with Crippen molar-refractivity contribution in [2.45, 2.75) is 24.0 Å². The van der Waals surface area contributed by atoms with Gasteiger partial charge in [0, 0.05) is 29.9 Å². The van der Waals surface area contributed by atoms with Crippen LogP contribution in [-0.4, -0.2) is 38.4 Å². The summed E-state index contributed by atoms with van der Waals surface area (Å²) in [5, 5.41) is 15.0. The second-order valence-corrected chi connectivity index (χ2v) is 7.84. The van der Waals surface area contributed by atoms with Crippen molar-refractivity contribution < 1.29 is 9.59 Å². The zero-order valence-electron chi connectivity index (χ0n) is 16.0. The Morgan fingerprint density at radius 2 is 1.90 bits per heavy atom. The first-order chi connectivity index (χ1) is 14.1. The number of thioether (sulfide) groups is 1. The Kier molecular flexibility index (Phi) is 5.62. The molecule has 0 unspecified atom stereocenters. The number of carbonyl (C=O) groups excluding carboxylic acids is 2. The molecule has 29 heavy (non-hydrogen) atoms. The first-order valence-electron chi connectivity index (χ1n) is 9.38. The standard InChI is InChI=1S/C21H21N5O2S/c1-26-19(24-25-21(26)29-13-18(27)22-16-10-11-16)15-8-5-9-17(12-15)23-20(28)14-6-3-2-4-7-14/h2-9,12,16H,10-11,13H2,1H3,(H,22,27)(H,23,28). The molecule has 1 saturated carbocycles. The number of carbonyl (C=O) groups is 2. The van der Waals surface area contributed by atoms with Crippen LogP contribution in [0, 0.1) is 0 Å². The molecule has 1 fully saturated rings. The highest BCUT2D eigenvalue weighted by Crippen LogP contribution is 2.25. The number of nitrogens with zero attached hydrogens (tertiary/aromatic N) is 3. The lowest BCUT2D eigenvalue weighted by molar-refractivity contribution is -0.118. The summed E-state index contributed by atoms with van der Waals surface area (Å²) < 4.78 is 1.85. The molecule has 2 N–H and O–H groups in total. The van der Waals surface area contributed by atoms with Crippen molar-refractivity contribution >= 4 is 29.3 Å². The van der Waals surface area contributed by atoms with Gasteiger partial charge in [-0.05, 0) is 37.1 Å². The Morgan fingerprint density at radius 3 is 2.66 bits per heavy atom. The van der Waals surface area contributed by atoms with Crippen molar-refractivity contribution in [3.05, 3.63) is 60.2 Å². The predicted molar refractivity (Wildman–Crippen MR) is 113 cm³/mol. The average molecular weight is 407 g/mol. The summed E-state index contributed by atoms with van der Waals surface area (Å²) in [6.45, 7) is 0. The van der Waals surface area contributed by atoms with Gasteiger partial charge in [0.25, 0.3) is 5.91 Å². The van der Waals surface area contributed by atoms with Gasteiger partial charge in [-0.25, -0.2) is 0 Å². The third kappa shape index (κ3) is 4.83. The maximum atomic E-state index is 12.4. The first-order valence-corrected chi connectivity index (χ1v) is 10.4. The number of hydrogen-bond donors (Lipinski definition) is 2. The molecular weight excluding hydrogens is 386 g/mol. The molecule has 7 nitrogen and oxygen atoms in total. The lowest BCUT2D eigenvalue weighted by Crippen LogP contribution is -2.27. The minimum absolute atomic E-state index is 0.0210. The topological polar surface area (TPSA) is 88.9 Å². The fourth-order valence-corrected chi connectivity index (χ4v) is 3.57. The van der Waals surface area contributed by atoms with Gasteiger partial charge in [0.2, 0.25) is 5.91 Å². The fourth-order valence-electron chi connectivity index (χ4n) is 2.85. The first kappa shape index (κ1) is 19.2. The molecule has 0 radical (unpaired) electrons. The Balaban J connectivity index is 1.44. The van der Waals surface area contributed by atoms with Crippen molar-refractivity contribution in [2.75, 3.05) is 11.1 Å². The van der Waals surface area contributed by atoms with E-state index in [0.29, 0.717) is 34.0 Å². The molecule has 1 heterocycles. The number of rotatable bonds is 7. The maximum absolute atomic E-state index is 12.4. The molecule has 2 aromatic carbocycles. The third-order valence-electron chi connectivity index (χ3n) is 4.52. The molecule has 0 atom stereocenters. The van der Waals surface area contributed by atoms with Gasteiger partial charge < -0.3 is 15.2 Å². The van der Waals surface area contributed by atoms with Crippen LogP contribution in [0.15, 0.2) is 59.8 Å². The van der Waals surface area contributed by atoms with E-state index in [-0.39, 0.29) is 11.8 Å². The zero-order chi connectivity index (χ0) is 20.2. The van der Waals surface area contributed by atoms with E-state index < -0.39 is 0 Å². The van der Waals surface area contributed by atoms with Crippen LogP contribution in [0.5, 0.6) is 0 Å². The lowest BCUT2D eigenvalue weighted by Gasteiger charge is -2.08. The van der Waals surface area contributed by atoms with Crippen molar-refractivity contribution in [2.24, 2.45) is 7.05 Å². The van der Waals surface area contributed by atoms with Gasteiger partial charge >= 0.3 is 0 Å². The van der Waals surface area contributed by atoms with Crippen LogP contribution in [0.25, 0.3) is 11.4 Å². The van der Waals surface area contributed by atoms with Gasteiger partial charge in [0.1, 0.15) is 0 Å². The summed E-state index contributed by atoms with van der Waals surface area (Å²) in [6, 6.07) is 16.9. The molecule has 1 aromatic heterocycles. The molecular formula is C21H21N5O2S. The number of benzene rings is 2.